The average molecular weight is 528 g/mol. The molecule has 0 unspecified atom stereocenters. The lowest BCUT2D eigenvalue weighted by Gasteiger charge is -2.38. The zero-order valence-corrected chi connectivity index (χ0v) is 20.9. The summed E-state index contributed by atoms with van der Waals surface area (Å²) in [5.41, 5.74) is 2.17. The van der Waals surface area contributed by atoms with Crippen molar-refractivity contribution in [1.82, 2.24) is 15.1 Å². The number of piperidine rings is 1. The van der Waals surface area contributed by atoms with Gasteiger partial charge in [0.2, 0.25) is 5.91 Å². The Balaban J connectivity index is 1.47. The molecule has 0 aromatic heterocycles. The molecule has 2 fully saturated rings. The van der Waals surface area contributed by atoms with Crippen molar-refractivity contribution in [1.29, 1.82) is 0 Å². The number of likely N-dealkylation sites (tertiary alicyclic amines) is 1. The van der Waals surface area contributed by atoms with Crippen LogP contribution in [0.3, 0.4) is 0 Å². The number of amides is 3. The van der Waals surface area contributed by atoms with E-state index in [9.17, 15) is 14.4 Å². The van der Waals surface area contributed by atoms with Gasteiger partial charge in [0.15, 0.2) is 0 Å². The Morgan fingerprint density at radius 2 is 1.62 bits per heavy atom. The summed E-state index contributed by atoms with van der Waals surface area (Å²) >= 11 is 3.42. The largest absolute Gasteiger partial charge is 0.378 e. The predicted octanol–water partition coefficient (Wildman–Crippen LogP) is 3.27. The lowest BCUT2D eigenvalue weighted by molar-refractivity contribution is -0.139. The predicted molar refractivity (Wildman–Crippen MR) is 133 cm³/mol. The van der Waals surface area contributed by atoms with Gasteiger partial charge in [-0.1, -0.05) is 39.7 Å². The fraction of sp³-hybridized carbons (Fsp3) is 0.423. The van der Waals surface area contributed by atoms with Crippen LogP contribution in [0.1, 0.15) is 39.1 Å². The Labute approximate surface area is 208 Å². The summed E-state index contributed by atoms with van der Waals surface area (Å²) in [7, 11) is 0. The number of hydrogen-bond acceptors (Lipinski definition) is 4. The number of carbonyl (C=O) groups is 3. The zero-order valence-electron chi connectivity index (χ0n) is 19.3. The number of nitrogens with zero attached hydrogens (tertiary/aromatic N) is 2. The lowest BCUT2D eigenvalue weighted by Crippen LogP contribution is -2.56. The van der Waals surface area contributed by atoms with Gasteiger partial charge in [-0.05, 0) is 56.0 Å². The third-order valence-electron chi connectivity index (χ3n) is 6.53. The quantitative estimate of drug-likeness (QED) is 0.647. The highest BCUT2D eigenvalue weighted by molar-refractivity contribution is 9.10. The van der Waals surface area contributed by atoms with Gasteiger partial charge < -0.3 is 19.9 Å². The molecule has 0 aliphatic carbocycles. The van der Waals surface area contributed by atoms with Gasteiger partial charge in [0.25, 0.3) is 11.8 Å². The second kappa shape index (κ2) is 11.1. The maximum atomic E-state index is 13.5. The minimum absolute atomic E-state index is 0.0143. The smallest absolute Gasteiger partial charge is 0.253 e. The van der Waals surface area contributed by atoms with E-state index in [0.29, 0.717) is 63.4 Å². The second-order valence-corrected chi connectivity index (χ2v) is 9.81. The number of aryl methyl sites for hydroxylation is 1. The Morgan fingerprint density at radius 3 is 2.29 bits per heavy atom. The summed E-state index contributed by atoms with van der Waals surface area (Å²) in [5, 5.41) is 3.03. The van der Waals surface area contributed by atoms with E-state index in [-0.39, 0.29) is 23.6 Å². The van der Waals surface area contributed by atoms with E-state index < -0.39 is 6.04 Å². The molecule has 4 rings (SSSR count). The molecular weight excluding hydrogens is 498 g/mol. The molecule has 0 spiro atoms. The summed E-state index contributed by atoms with van der Waals surface area (Å²) in [6, 6.07) is 14.1. The van der Waals surface area contributed by atoms with Crippen LogP contribution < -0.4 is 5.32 Å². The van der Waals surface area contributed by atoms with E-state index in [2.05, 4.69) is 21.2 Å². The molecule has 2 aromatic rings. The molecule has 8 heteroatoms. The van der Waals surface area contributed by atoms with Crippen molar-refractivity contribution >= 4 is 33.7 Å². The highest BCUT2D eigenvalue weighted by atomic mass is 79.9. The molecule has 3 amide bonds. The molecule has 2 aromatic carbocycles. The van der Waals surface area contributed by atoms with Crippen LogP contribution in [-0.2, 0) is 9.53 Å². The summed E-state index contributed by atoms with van der Waals surface area (Å²) in [4.78, 5) is 43.1. The van der Waals surface area contributed by atoms with Gasteiger partial charge >= 0.3 is 0 Å². The highest BCUT2D eigenvalue weighted by Crippen LogP contribution is 2.25. The fourth-order valence-electron chi connectivity index (χ4n) is 4.61. The Kier molecular flexibility index (Phi) is 8.00. The zero-order chi connectivity index (χ0) is 24.1. The van der Waals surface area contributed by atoms with Gasteiger partial charge in [-0.2, -0.15) is 0 Å². The van der Waals surface area contributed by atoms with E-state index >= 15 is 0 Å². The van der Waals surface area contributed by atoms with E-state index in [0.717, 1.165) is 10.0 Å². The van der Waals surface area contributed by atoms with Crippen LogP contribution in [0.5, 0.6) is 0 Å². The molecule has 1 atom stereocenters. The topological polar surface area (TPSA) is 79.0 Å². The first-order valence-corrected chi connectivity index (χ1v) is 12.5. The van der Waals surface area contributed by atoms with Crippen LogP contribution in [0.25, 0.3) is 0 Å². The highest BCUT2D eigenvalue weighted by Gasteiger charge is 2.36. The van der Waals surface area contributed by atoms with Crippen LogP contribution in [-0.4, -0.2) is 73.0 Å². The number of nitrogens with one attached hydrogen (secondary N) is 1. The molecule has 2 saturated heterocycles. The van der Waals surface area contributed by atoms with Crippen molar-refractivity contribution in [3.8, 4) is 0 Å². The number of halogens is 1. The van der Waals surface area contributed by atoms with Crippen LogP contribution in [0.2, 0.25) is 0 Å². The maximum Gasteiger partial charge on any atom is 0.253 e. The number of carbonyl (C=O) groups excluding carboxylic acids is 3. The first-order valence-electron chi connectivity index (χ1n) is 11.7. The second-order valence-electron chi connectivity index (χ2n) is 8.90. The van der Waals surface area contributed by atoms with Gasteiger partial charge in [-0.25, -0.2) is 0 Å². The number of ether oxygens (including phenoxy) is 1. The molecule has 1 N–H and O–H groups in total. The van der Waals surface area contributed by atoms with Crippen molar-refractivity contribution in [2.45, 2.75) is 25.8 Å². The molecule has 2 aliphatic heterocycles. The Hall–Kier alpha value is -2.71. The van der Waals surface area contributed by atoms with Crippen LogP contribution in [0.4, 0.5) is 0 Å². The molecule has 0 radical (unpaired) electrons. The van der Waals surface area contributed by atoms with E-state index in [1.54, 1.807) is 11.0 Å². The van der Waals surface area contributed by atoms with Gasteiger partial charge in [-0.15, -0.1) is 0 Å². The van der Waals surface area contributed by atoms with Gasteiger partial charge in [0.1, 0.15) is 6.04 Å². The first kappa shape index (κ1) is 24.4. The summed E-state index contributed by atoms with van der Waals surface area (Å²) in [6.45, 7) is 5.08. The summed E-state index contributed by atoms with van der Waals surface area (Å²) < 4.78 is 6.26. The van der Waals surface area contributed by atoms with Gasteiger partial charge in [-0.3, -0.25) is 14.4 Å². The molecule has 2 aliphatic rings. The van der Waals surface area contributed by atoms with Crippen molar-refractivity contribution in [3.63, 3.8) is 0 Å². The number of benzene rings is 2. The van der Waals surface area contributed by atoms with Crippen LogP contribution in [0, 0.1) is 12.8 Å². The third-order valence-corrected chi connectivity index (χ3v) is 7.02. The molecule has 0 bridgehead atoms. The van der Waals surface area contributed by atoms with E-state index in [4.69, 9.17) is 4.74 Å². The number of hydrogen-bond donors (Lipinski definition) is 1. The molecule has 34 heavy (non-hydrogen) atoms. The monoisotopic (exact) mass is 527 g/mol. The molecule has 180 valence electrons. The standard InChI is InChI=1S/C26H30BrN3O4/c1-18-4-2-5-20(16-18)24(31)28-23(26(33)30-12-14-34-15-13-30)19-8-10-29(11-9-19)25(32)21-6-3-7-22(27)17-21/h2-7,16-17,19,23H,8-15H2,1H3,(H,28,31)/t23-/m0/s1. The fourth-order valence-corrected chi connectivity index (χ4v) is 5.01. The van der Waals surface area contributed by atoms with E-state index in [1.165, 1.54) is 0 Å². The van der Waals surface area contributed by atoms with Crippen LogP contribution >= 0.6 is 15.9 Å². The summed E-state index contributed by atoms with van der Waals surface area (Å²) in [5.74, 6) is -0.376. The molecule has 2 heterocycles. The summed E-state index contributed by atoms with van der Waals surface area (Å²) in [6.07, 6.45) is 1.29. The Morgan fingerprint density at radius 1 is 0.941 bits per heavy atom. The lowest BCUT2D eigenvalue weighted by atomic mass is 9.87. The Bertz CT molecular complexity index is 1050. The number of rotatable bonds is 5. The number of morpholine rings is 1. The maximum absolute atomic E-state index is 13.5. The van der Waals surface area contributed by atoms with Gasteiger partial charge in [0, 0.05) is 41.8 Å². The molecule has 7 nitrogen and oxygen atoms in total. The van der Waals surface area contributed by atoms with Crippen LogP contribution in [0.15, 0.2) is 53.0 Å². The first-order chi connectivity index (χ1) is 16.4. The third kappa shape index (κ3) is 5.85. The van der Waals surface area contributed by atoms with Crippen molar-refractivity contribution in [3.05, 3.63) is 69.7 Å². The van der Waals surface area contributed by atoms with Gasteiger partial charge in [0.05, 0.1) is 13.2 Å². The SMILES string of the molecule is Cc1cccc(C(=O)N[C@H](C(=O)N2CCOCC2)C2CCN(C(=O)c3cccc(Br)c3)CC2)c1. The van der Waals surface area contributed by atoms with Crippen molar-refractivity contribution < 1.29 is 19.1 Å². The minimum Gasteiger partial charge on any atom is -0.378 e. The normalized spacial score (nSPS) is 17.8. The van der Waals surface area contributed by atoms with Crippen molar-refractivity contribution in [2.75, 3.05) is 39.4 Å². The van der Waals surface area contributed by atoms with Crippen molar-refractivity contribution in [2.24, 2.45) is 5.92 Å². The molecular formula is C26H30BrN3O4. The average Bonchev–Trinajstić information content (AvgIpc) is 2.87. The molecule has 0 saturated carbocycles. The van der Waals surface area contributed by atoms with E-state index in [1.807, 2.05) is 54.3 Å². The minimum atomic E-state index is -0.630.